The highest BCUT2D eigenvalue weighted by molar-refractivity contribution is 8.15. The lowest BCUT2D eigenvalue weighted by Gasteiger charge is -2.14. The first kappa shape index (κ1) is 18.7. The maximum Gasteiger partial charge on any atom is 0.133 e. The van der Waals surface area contributed by atoms with Crippen LogP contribution in [0.25, 0.3) is 11.1 Å². The van der Waals surface area contributed by atoms with Crippen molar-refractivity contribution in [3.8, 4) is 28.4 Å². The van der Waals surface area contributed by atoms with E-state index in [0.717, 1.165) is 22.6 Å². The molecule has 4 aromatic rings. The van der Waals surface area contributed by atoms with Gasteiger partial charge in [0.15, 0.2) is 0 Å². The first-order chi connectivity index (χ1) is 14.6. The van der Waals surface area contributed by atoms with E-state index < -0.39 is 0 Å². The number of fused-ring (bicyclic) bond motifs is 3. The van der Waals surface area contributed by atoms with Crippen LogP contribution >= 0.6 is 10.5 Å². The van der Waals surface area contributed by atoms with Gasteiger partial charge in [-0.05, 0) is 95.6 Å². The number of rotatable bonds is 3. The first-order valence-electron chi connectivity index (χ1n) is 9.95. The molecule has 0 amide bonds. The van der Waals surface area contributed by atoms with Gasteiger partial charge in [0.25, 0.3) is 0 Å². The molecular weight excluding hydrogens is 388 g/mol. The second-order valence-electron chi connectivity index (χ2n) is 7.53. The van der Waals surface area contributed by atoms with E-state index in [2.05, 4.69) is 79.9 Å². The van der Waals surface area contributed by atoms with Crippen molar-refractivity contribution in [2.24, 2.45) is 0 Å². The van der Waals surface area contributed by atoms with Gasteiger partial charge in [-0.3, -0.25) is 0 Å². The highest BCUT2D eigenvalue weighted by Gasteiger charge is 2.21. The van der Waals surface area contributed by atoms with Crippen LogP contribution in [0.15, 0.2) is 94.7 Å². The topological polar surface area (TPSA) is 29.5 Å². The van der Waals surface area contributed by atoms with Crippen molar-refractivity contribution in [2.75, 3.05) is 0 Å². The molecule has 1 aliphatic rings. The summed E-state index contributed by atoms with van der Waals surface area (Å²) >= 11 is 0. The van der Waals surface area contributed by atoms with Crippen molar-refractivity contribution in [3.63, 3.8) is 0 Å². The molecular formula is C27H22O2S. The third-order valence-corrected chi connectivity index (χ3v) is 7.50. The Kier molecular flexibility index (Phi) is 4.68. The molecule has 0 unspecified atom stereocenters. The number of benzene rings is 4. The first-order valence-corrected chi connectivity index (χ1v) is 11.2. The molecule has 1 heterocycles. The number of aromatic hydroxyl groups is 1. The molecule has 30 heavy (non-hydrogen) atoms. The molecule has 2 nitrogen and oxygen atoms in total. The molecule has 1 aliphatic heterocycles. The Balaban J connectivity index is 1.56. The van der Waals surface area contributed by atoms with Crippen LogP contribution < -0.4 is 4.74 Å². The predicted octanol–water partition coefficient (Wildman–Crippen LogP) is 7.32. The average Bonchev–Trinajstić information content (AvgIpc) is 3.06. The Labute approximate surface area is 179 Å². The van der Waals surface area contributed by atoms with Crippen LogP contribution in [0.3, 0.4) is 0 Å². The van der Waals surface area contributed by atoms with Gasteiger partial charge in [0.2, 0.25) is 0 Å². The molecule has 0 saturated carbocycles. The largest absolute Gasteiger partial charge is 0.508 e. The number of hydrogen-bond donors (Lipinski definition) is 1. The van der Waals surface area contributed by atoms with Crippen molar-refractivity contribution in [1.82, 2.24) is 0 Å². The Morgan fingerprint density at radius 3 is 1.83 bits per heavy atom. The van der Waals surface area contributed by atoms with Crippen LogP contribution in [0.1, 0.15) is 16.7 Å². The Bertz CT molecular complexity index is 1220. The summed E-state index contributed by atoms with van der Waals surface area (Å²) < 4.78 is 6.11. The Hall–Kier alpha value is -3.30. The van der Waals surface area contributed by atoms with E-state index >= 15 is 0 Å². The maximum atomic E-state index is 9.48. The highest BCUT2D eigenvalue weighted by Crippen LogP contribution is 2.52. The molecule has 0 aromatic heterocycles. The summed E-state index contributed by atoms with van der Waals surface area (Å²) in [6.45, 7) is 4.17. The van der Waals surface area contributed by atoms with Crippen LogP contribution in [-0.2, 0) is 0 Å². The van der Waals surface area contributed by atoms with Gasteiger partial charge in [-0.2, -0.15) is 0 Å². The molecule has 4 aromatic carbocycles. The molecule has 3 heteroatoms. The molecule has 0 atom stereocenters. The van der Waals surface area contributed by atoms with Gasteiger partial charge in [0.1, 0.15) is 17.2 Å². The second-order valence-corrected chi connectivity index (χ2v) is 9.32. The molecule has 0 radical (unpaired) electrons. The smallest absolute Gasteiger partial charge is 0.133 e. The van der Waals surface area contributed by atoms with Gasteiger partial charge >= 0.3 is 0 Å². The average molecular weight is 411 g/mol. The number of hydrogen-bond acceptors (Lipinski definition) is 2. The molecule has 0 spiro atoms. The standard InChI is InChI=1S/C27H22O2S/c1-18-15-20(16-19(2)27(18)29-22-13-11-21(28)12-14-22)17-30-25-9-5-3-7-23(25)24-8-4-6-10-26(24)30/h3-17,28H,1-2H3. The van der Waals surface area contributed by atoms with Crippen molar-refractivity contribution < 1.29 is 9.84 Å². The number of ether oxygens (including phenoxy) is 1. The van der Waals surface area contributed by atoms with Crippen LogP contribution in [0.2, 0.25) is 0 Å². The van der Waals surface area contributed by atoms with Crippen LogP contribution in [0.4, 0.5) is 0 Å². The number of aryl methyl sites for hydroxylation is 2. The number of phenolic OH excluding ortho intramolecular Hbond substituents is 1. The van der Waals surface area contributed by atoms with Gasteiger partial charge < -0.3 is 9.84 Å². The molecule has 0 aliphatic carbocycles. The lowest BCUT2D eigenvalue weighted by molar-refractivity contribution is 0.461. The summed E-state index contributed by atoms with van der Waals surface area (Å²) in [4.78, 5) is 2.77. The van der Waals surface area contributed by atoms with E-state index in [1.807, 2.05) is 0 Å². The quantitative estimate of drug-likeness (QED) is 0.316. The van der Waals surface area contributed by atoms with Crippen LogP contribution in [0, 0.1) is 13.8 Å². The minimum absolute atomic E-state index is 0.0855. The van der Waals surface area contributed by atoms with Crippen molar-refractivity contribution in [1.29, 1.82) is 0 Å². The molecule has 0 fully saturated rings. The summed E-state index contributed by atoms with van der Waals surface area (Å²) in [6.07, 6.45) is 0. The highest BCUT2D eigenvalue weighted by atomic mass is 32.2. The van der Waals surface area contributed by atoms with Crippen LogP contribution in [0.5, 0.6) is 17.2 Å². The van der Waals surface area contributed by atoms with E-state index in [0.29, 0.717) is 0 Å². The van der Waals surface area contributed by atoms with Gasteiger partial charge in [0, 0.05) is 9.79 Å². The van der Waals surface area contributed by atoms with Gasteiger partial charge in [-0.15, -0.1) is 10.5 Å². The van der Waals surface area contributed by atoms with Gasteiger partial charge in [0.05, 0.1) is 0 Å². The molecule has 0 bridgehead atoms. The summed E-state index contributed by atoms with van der Waals surface area (Å²) in [6, 6.07) is 28.7. The number of phenols is 1. The van der Waals surface area contributed by atoms with Crippen molar-refractivity contribution in [3.05, 3.63) is 102 Å². The van der Waals surface area contributed by atoms with E-state index in [1.54, 1.807) is 24.3 Å². The summed E-state index contributed by atoms with van der Waals surface area (Å²) in [5.74, 6) is 1.82. The van der Waals surface area contributed by atoms with E-state index in [9.17, 15) is 5.11 Å². The zero-order valence-electron chi connectivity index (χ0n) is 16.9. The SMILES string of the molecule is Cc1cc(C=S2c3ccccc3-c3ccccc32)cc(C)c1Oc1ccc(O)cc1. The lowest BCUT2D eigenvalue weighted by Crippen LogP contribution is -1.94. The third kappa shape index (κ3) is 3.31. The van der Waals surface area contributed by atoms with E-state index in [1.165, 1.54) is 26.5 Å². The fraction of sp³-hybridized carbons (Fsp3) is 0.0741. The zero-order chi connectivity index (χ0) is 20.7. The Morgan fingerprint density at radius 2 is 1.27 bits per heavy atom. The van der Waals surface area contributed by atoms with Crippen molar-refractivity contribution in [2.45, 2.75) is 23.6 Å². The second kappa shape index (κ2) is 7.51. The zero-order valence-corrected chi connectivity index (χ0v) is 17.7. The van der Waals surface area contributed by atoms with Crippen molar-refractivity contribution >= 4 is 15.9 Å². The lowest BCUT2D eigenvalue weighted by atomic mass is 10.1. The summed E-state index contributed by atoms with van der Waals surface area (Å²) in [7, 11) is -0.0855. The minimum Gasteiger partial charge on any atom is -0.508 e. The fourth-order valence-corrected chi connectivity index (χ4v) is 6.17. The predicted molar refractivity (Wildman–Crippen MR) is 125 cm³/mol. The van der Waals surface area contributed by atoms with Gasteiger partial charge in [-0.1, -0.05) is 36.4 Å². The summed E-state index contributed by atoms with van der Waals surface area (Å²) in [5.41, 5.74) is 6.08. The molecule has 1 N–H and O–H groups in total. The maximum absolute atomic E-state index is 9.48. The fourth-order valence-electron chi connectivity index (χ4n) is 3.99. The summed E-state index contributed by atoms with van der Waals surface area (Å²) in [5, 5.41) is 11.9. The van der Waals surface area contributed by atoms with E-state index in [-0.39, 0.29) is 16.2 Å². The third-order valence-electron chi connectivity index (χ3n) is 5.33. The molecule has 5 rings (SSSR count). The van der Waals surface area contributed by atoms with Crippen LogP contribution in [-0.4, -0.2) is 10.5 Å². The monoisotopic (exact) mass is 410 g/mol. The molecule has 148 valence electrons. The Morgan fingerprint density at radius 1 is 0.733 bits per heavy atom. The molecule has 0 saturated heterocycles. The minimum atomic E-state index is -0.0855. The van der Waals surface area contributed by atoms with Gasteiger partial charge in [-0.25, -0.2) is 0 Å². The van der Waals surface area contributed by atoms with E-state index in [4.69, 9.17) is 4.74 Å². The normalized spacial score (nSPS) is 12.3.